The first-order chi connectivity index (χ1) is 11.6. The van der Waals surface area contributed by atoms with Crippen LogP contribution in [-0.4, -0.2) is 24.7 Å². The number of carbonyl (C=O) groups excluding carboxylic acids is 1. The van der Waals surface area contributed by atoms with Crippen molar-refractivity contribution in [2.24, 2.45) is 0 Å². The Morgan fingerprint density at radius 1 is 1.29 bits per heavy atom. The van der Waals surface area contributed by atoms with E-state index in [2.05, 4.69) is 22.8 Å². The van der Waals surface area contributed by atoms with Gasteiger partial charge in [0, 0.05) is 11.4 Å². The molecule has 1 heterocycles. The minimum atomic E-state index is -0.328. The maximum Gasteiger partial charge on any atom is 0.341 e. The van der Waals surface area contributed by atoms with Gasteiger partial charge in [-0.25, -0.2) is 4.79 Å². The van der Waals surface area contributed by atoms with Crippen LogP contribution in [0.4, 0.5) is 5.00 Å². The van der Waals surface area contributed by atoms with Crippen LogP contribution in [0.1, 0.15) is 33.3 Å². The van der Waals surface area contributed by atoms with E-state index in [-0.39, 0.29) is 5.97 Å². The lowest BCUT2D eigenvalue weighted by Crippen LogP contribution is -2.30. The first-order valence-electron chi connectivity index (χ1n) is 7.86. The molecular formula is C18H22N2O2S2. The fourth-order valence-electron chi connectivity index (χ4n) is 2.52. The molecule has 0 radical (unpaired) electrons. The normalized spacial score (nSPS) is 10.3. The van der Waals surface area contributed by atoms with Crippen molar-refractivity contribution in [3.63, 3.8) is 0 Å². The van der Waals surface area contributed by atoms with Crippen molar-refractivity contribution in [2.45, 2.75) is 26.7 Å². The Bertz CT molecular complexity index is 711. The van der Waals surface area contributed by atoms with Crippen molar-refractivity contribution < 1.29 is 9.53 Å². The Hall–Kier alpha value is -1.92. The van der Waals surface area contributed by atoms with Crippen LogP contribution in [0.15, 0.2) is 30.3 Å². The average Bonchev–Trinajstić information content (AvgIpc) is 2.90. The molecule has 0 saturated carbocycles. The molecule has 1 aromatic heterocycles. The molecule has 2 rings (SSSR count). The van der Waals surface area contributed by atoms with E-state index in [0.717, 1.165) is 34.8 Å². The third-order valence-electron chi connectivity index (χ3n) is 3.72. The van der Waals surface area contributed by atoms with E-state index in [0.29, 0.717) is 10.7 Å². The maximum atomic E-state index is 12.1. The van der Waals surface area contributed by atoms with Gasteiger partial charge in [0.2, 0.25) is 0 Å². The molecule has 0 aliphatic carbocycles. The van der Waals surface area contributed by atoms with E-state index < -0.39 is 0 Å². The molecule has 0 aliphatic rings. The summed E-state index contributed by atoms with van der Waals surface area (Å²) in [5, 5.41) is 7.59. The highest BCUT2D eigenvalue weighted by atomic mass is 32.1. The zero-order valence-corrected chi connectivity index (χ0v) is 15.8. The lowest BCUT2D eigenvalue weighted by Gasteiger charge is -2.11. The number of rotatable bonds is 6. The van der Waals surface area contributed by atoms with Gasteiger partial charge in [-0.2, -0.15) is 0 Å². The van der Waals surface area contributed by atoms with Gasteiger partial charge in [-0.1, -0.05) is 37.3 Å². The fourth-order valence-corrected chi connectivity index (χ4v) is 3.93. The zero-order chi connectivity index (χ0) is 17.5. The van der Waals surface area contributed by atoms with Crippen LogP contribution >= 0.6 is 23.6 Å². The number of hydrogen-bond donors (Lipinski definition) is 2. The van der Waals surface area contributed by atoms with Crippen LogP contribution in [0.2, 0.25) is 0 Å². The number of thiophene rings is 1. The molecule has 4 nitrogen and oxygen atoms in total. The fraction of sp³-hybridized carbons (Fsp3) is 0.333. The topological polar surface area (TPSA) is 50.4 Å². The molecule has 2 aromatic rings. The van der Waals surface area contributed by atoms with Crippen LogP contribution in [0.3, 0.4) is 0 Å². The highest BCUT2D eigenvalue weighted by Crippen LogP contribution is 2.33. The SMILES string of the molecule is CCc1c(C)sc(NC(=S)NCCc2ccccc2)c1C(=O)OC. The molecule has 0 saturated heterocycles. The number of anilines is 1. The molecule has 6 heteroatoms. The summed E-state index contributed by atoms with van der Waals surface area (Å²) in [5.41, 5.74) is 2.86. The minimum absolute atomic E-state index is 0.328. The Morgan fingerprint density at radius 2 is 2.00 bits per heavy atom. The van der Waals surface area contributed by atoms with Crippen LogP contribution in [-0.2, 0) is 17.6 Å². The third-order valence-corrected chi connectivity index (χ3v) is 5.03. The Labute approximate surface area is 152 Å². The summed E-state index contributed by atoms with van der Waals surface area (Å²) in [6.07, 6.45) is 1.67. The first-order valence-corrected chi connectivity index (χ1v) is 9.08. The predicted molar refractivity (Wildman–Crippen MR) is 104 cm³/mol. The van der Waals surface area contributed by atoms with Gasteiger partial charge in [0.05, 0.1) is 12.7 Å². The second-order valence-electron chi connectivity index (χ2n) is 5.30. The van der Waals surface area contributed by atoms with Gasteiger partial charge in [0.15, 0.2) is 5.11 Å². The molecule has 128 valence electrons. The molecule has 0 aliphatic heterocycles. The zero-order valence-electron chi connectivity index (χ0n) is 14.1. The molecule has 1 aromatic carbocycles. The monoisotopic (exact) mass is 362 g/mol. The van der Waals surface area contributed by atoms with Crippen LogP contribution in [0.5, 0.6) is 0 Å². The Morgan fingerprint density at radius 3 is 2.62 bits per heavy atom. The molecule has 0 amide bonds. The quantitative estimate of drug-likeness (QED) is 0.602. The van der Waals surface area contributed by atoms with Crippen molar-refractivity contribution in [3.8, 4) is 0 Å². The van der Waals surface area contributed by atoms with Crippen molar-refractivity contribution in [3.05, 3.63) is 51.9 Å². The number of hydrogen-bond acceptors (Lipinski definition) is 4. The van der Waals surface area contributed by atoms with Crippen molar-refractivity contribution in [1.29, 1.82) is 0 Å². The number of methoxy groups -OCH3 is 1. The van der Waals surface area contributed by atoms with Gasteiger partial charge < -0.3 is 15.4 Å². The van der Waals surface area contributed by atoms with Crippen molar-refractivity contribution >= 4 is 39.6 Å². The summed E-state index contributed by atoms with van der Waals surface area (Å²) in [7, 11) is 1.40. The number of nitrogens with one attached hydrogen (secondary N) is 2. The van der Waals surface area contributed by atoms with Gasteiger partial charge in [-0.05, 0) is 43.1 Å². The number of aryl methyl sites for hydroxylation is 1. The summed E-state index contributed by atoms with van der Waals surface area (Å²) < 4.78 is 4.92. The lowest BCUT2D eigenvalue weighted by atomic mass is 10.1. The smallest absolute Gasteiger partial charge is 0.341 e. The minimum Gasteiger partial charge on any atom is -0.465 e. The van der Waals surface area contributed by atoms with E-state index in [1.54, 1.807) is 0 Å². The maximum absolute atomic E-state index is 12.1. The molecule has 24 heavy (non-hydrogen) atoms. The summed E-state index contributed by atoms with van der Waals surface area (Å²) >= 11 is 6.88. The van der Waals surface area contributed by atoms with Gasteiger partial charge in [0.1, 0.15) is 5.00 Å². The highest BCUT2D eigenvalue weighted by molar-refractivity contribution is 7.80. The first kappa shape index (κ1) is 18.4. The van der Waals surface area contributed by atoms with Gasteiger partial charge >= 0.3 is 5.97 Å². The second kappa shape index (κ2) is 8.80. The van der Waals surface area contributed by atoms with Crippen LogP contribution in [0, 0.1) is 6.92 Å². The number of ether oxygens (including phenoxy) is 1. The standard InChI is InChI=1S/C18H22N2O2S2/c1-4-14-12(2)24-16(15(14)17(21)22-3)20-18(23)19-11-10-13-8-6-5-7-9-13/h5-9H,4,10-11H2,1-3H3,(H2,19,20,23). The molecule has 0 fully saturated rings. The largest absolute Gasteiger partial charge is 0.465 e. The van der Waals surface area contributed by atoms with E-state index in [9.17, 15) is 4.79 Å². The third kappa shape index (κ3) is 4.55. The van der Waals surface area contributed by atoms with E-state index in [4.69, 9.17) is 17.0 Å². The molecule has 0 atom stereocenters. The highest BCUT2D eigenvalue weighted by Gasteiger charge is 2.22. The van der Waals surface area contributed by atoms with Gasteiger partial charge in [-0.3, -0.25) is 0 Å². The molecule has 0 unspecified atom stereocenters. The van der Waals surface area contributed by atoms with Crippen LogP contribution < -0.4 is 10.6 Å². The second-order valence-corrected chi connectivity index (χ2v) is 6.94. The van der Waals surface area contributed by atoms with Crippen molar-refractivity contribution in [2.75, 3.05) is 19.0 Å². The molecule has 0 spiro atoms. The van der Waals surface area contributed by atoms with E-state index in [1.807, 2.05) is 32.0 Å². The predicted octanol–water partition coefficient (Wildman–Crippen LogP) is 3.93. The average molecular weight is 363 g/mol. The van der Waals surface area contributed by atoms with Crippen molar-refractivity contribution in [1.82, 2.24) is 5.32 Å². The molecule has 2 N–H and O–H groups in total. The summed E-state index contributed by atoms with van der Waals surface area (Å²) in [5.74, 6) is -0.328. The van der Waals surface area contributed by atoms with Crippen LogP contribution in [0.25, 0.3) is 0 Å². The Kier molecular flexibility index (Phi) is 6.75. The lowest BCUT2D eigenvalue weighted by molar-refractivity contribution is 0.0601. The number of benzene rings is 1. The number of esters is 1. The Balaban J connectivity index is 1.99. The summed E-state index contributed by atoms with van der Waals surface area (Å²) in [6.45, 7) is 4.77. The van der Waals surface area contributed by atoms with Gasteiger partial charge in [0.25, 0.3) is 0 Å². The molecule has 0 bridgehead atoms. The van der Waals surface area contributed by atoms with Gasteiger partial charge in [-0.15, -0.1) is 11.3 Å². The number of carbonyl (C=O) groups is 1. The number of thiocarbonyl (C=S) groups is 1. The van der Waals surface area contributed by atoms with E-state index in [1.165, 1.54) is 24.0 Å². The molecular weight excluding hydrogens is 340 g/mol. The summed E-state index contributed by atoms with van der Waals surface area (Å²) in [4.78, 5) is 13.2. The van der Waals surface area contributed by atoms with E-state index >= 15 is 0 Å². The summed E-state index contributed by atoms with van der Waals surface area (Å²) in [6, 6.07) is 10.2.